The van der Waals surface area contributed by atoms with Gasteiger partial charge in [-0.3, -0.25) is 16.0 Å². The third-order valence-corrected chi connectivity index (χ3v) is 4.21. The van der Waals surface area contributed by atoms with Gasteiger partial charge in [-0.15, -0.1) is 0 Å². The van der Waals surface area contributed by atoms with Gasteiger partial charge in [-0.05, 0) is 37.1 Å². The van der Waals surface area contributed by atoms with Gasteiger partial charge in [0.05, 0.1) is 12.3 Å². The highest BCUT2D eigenvalue weighted by Gasteiger charge is 2.28. The molecule has 3 N–H and O–H groups in total. The van der Waals surface area contributed by atoms with E-state index in [0.29, 0.717) is 12.3 Å². The van der Waals surface area contributed by atoms with Gasteiger partial charge < -0.3 is 0 Å². The molecular formula is C18H31N3. The first-order chi connectivity index (χ1) is 10.4. The molecule has 0 fully saturated rings. The molecule has 21 heavy (non-hydrogen) atoms. The summed E-state index contributed by atoms with van der Waals surface area (Å²) in [6.07, 6.45) is 8.26. The van der Waals surface area contributed by atoms with E-state index in [0.717, 1.165) is 13.1 Å². The molecule has 1 aliphatic heterocycles. The summed E-state index contributed by atoms with van der Waals surface area (Å²) < 4.78 is 0. The van der Waals surface area contributed by atoms with Crippen LogP contribution in [0, 0.1) is 0 Å². The fourth-order valence-corrected chi connectivity index (χ4v) is 2.96. The predicted octanol–water partition coefficient (Wildman–Crippen LogP) is 3.85. The zero-order valence-corrected chi connectivity index (χ0v) is 13.6. The fraction of sp³-hybridized carbons (Fsp3) is 0.667. The Labute approximate surface area is 129 Å². The van der Waals surface area contributed by atoms with Crippen LogP contribution in [0.2, 0.25) is 0 Å². The second kappa shape index (κ2) is 9.19. The van der Waals surface area contributed by atoms with Crippen LogP contribution in [0.5, 0.6) is 0 Å². The van der Waals surface area contributed by atoms with E-state index in [1.807, 2.05) is 0 Å². The van der Waals surface area contributed by atoms with Crippen LogP contribution in [-0.2, 0) is 0 Å². The number of hydrogen-bond acceptors (Lipinski definition) is 3. The highest BCUT2D eigenvalue weighted by molar-refractivity contribution is 5.36. The summed E-state index contributed by atoms with van der Waals surface area (Å²) in [5.74, 6) is 0. The molecule has 0 radical (unpaired) electrons. The Morgan fingerprint density at radius 1 is 0.810 bits per heavy atom. The molecule has 1 aliphatic rings. The molecular weight excluding hydrogens is 258 g/mol. The summed E-state index contributed by atoms with van der Waals surface area (Å²) in [6.45, 7) is 6.67. The maximum absolute atomic E-state index is 3.69. The maximum atomic E-state index is 3.69. The van der Waals surface area contributed by atoms with Crippen LogP contribution in [0.1, 0.15) is 75.8 Å². The van der Waals surface area contributed by atoms with Gasteiger partial charge in [0.2, 0.25) is 0 Å². The molecule has 0 amide bonds. The number of nitrogens with one attached hydrogen (secondary N) is 3. The van der Waals surface area contributed by atoms with Crippen molar-refractivity contribution in [1.29, 1.82) is 0 Å². The zero-order chi connectivity index (χ0) is 14.9. The van der Waals surface area contributed by atoms with Crippen molar-refractivity contribution in [2.75, 3.05) is 13.1 Å². The van der Waals surface area contributed by atoms with Crippen LogP contribution >= 0.6 is 0 Å². The summed E-state index contributed by atoms with van der Waals surface area (Å²) in [6, 6.07) is 8.77. The Morgan fingerprint density at radius 3 is 1.71 bits per heavy atom. The third kappa shape index (κ3) is 4.80. The second-order valence-corrected chi connectivity index (χ2v) is 5.98. The molecule has 1 aromatic rings. The number of benzene rings is 1. The maximum Gasteiger partial charge on any atom is 0.0853 e. The van der Waals surface area contributed by atoms with Crippen molar-refractivity contribution in [2.24, 2.45) is 0 Å². The van der Waals surface area contributed by atoms with Crippen LogP contribution in [0.3, 0.4) is 0 Å². The highest BCUT2D eigenvalue weighted by atomic mass is 15.2. The van der Waals surface area contributed by atoms with Crippen LogP contribution < -0.4 is 16.0 Å². The largest absolute Gasteiger partial charge is 0.298 e. The minimum absolute atomic E-state index is 0.293. The third-order valence-electron chi connectivity index (χ3n) is 4.21. The van der Waals surface area contributed by atoms with Crippen molar-refractivity contribution < 1.29 is 0 Å². The van der Waals surface area contributed by atoms with Crippen molar-refractivity contribution in [3.8, 4) is 0 Å². The normalized spacial score (nSPS) is 20.7. The monoisotopic (exact) mass is 289 g/mol. The Balaban J connectivity index is 1.87. The summed E-state index contributed by atoms with van der Waals surface area (Å²) >= 11 is 0. The number of unbranched alkanes of at least 4 members (excludes halogenated alkanes) is 4. The second-order valence-electron chi connectivity index (χ2n) is 5.98. The average Bonchev–Trinajstić information content (AvgIpc) is 2.87. The minimum Gasteiger partial charge on any atom is -0.298 e. The molecule has 118 valence electrons. The molecule has 1 heterocycles. The van der Waals surface area contributed by atoms with Crippen molar-refractivity contribution in [2.45, 2.75) is 64.7 Å². The van der Waals surface area contributed by atoms with E-state index in [-0.39, 0.29) is 0 Å². The van der Waals surface area contributed by atoms with E-state index in [9.17, 15) is 0 Å². The van der Waals surface area contributed by atoms with Crippen molar-refractivity contribution in [3.63, 3.8) is 0 Å². The summed E-state index contributed by atoms with van der Waals surface area (Å²) in [5.41, 5.74) is 2.81. The van der Waals surface area contributed by atoms with Crippen LogP contribution in [-0.4, -0.2) is 13.1 Å². The lowest BCUT2D eigenvalue weighted by Crippen LogP contribution is -2.36. The molecule has 0 spiro atoms. The zero-order valence-electron chi connectivity index (χ0n) is 13.6. The van der Waals surface area contributed by atoms with Crippen LogP contribution in [0.4, 0.5) is 0 Å². The van der Waals surface area contributed by atoms with Gasteiger partial charge in [0.1, 0.15) is 0 Å². The van der Waals surface area contributed by atoms with Gasteiger partial charge in [-0.25, -0.2) is 0 Å². The van der Waals surface area contributed by atoms with Crippen molar-refractivity contribution >= 4 is 0 Å². The van der Waals surface area contributed by atoms with Gasteiger partial charge in [-0.1, -0.05) is 63.8 Å². The summed E-state index contributed by atoms with van der Waals surface area (Å²) in [4.78, 5) is 0. The molecule has 2 unspecified atom stereocenters. The molecule has 0 aliphatic carbocycles. The fourth-order valence-electron chi connectivity index (χ4n) is 2.96. The van der Waals surface area contributed by atoms with E-state index in [1.165, 1.54) is 49.7 Å². The van der Waals surface area contributed by atoms with E-state index in [1.54, 1.807) is 0 Å². The van der Waals surface area contributed by atoms with Gasteiger partial charge >= 0.3 is 0 Å². The van der Waals surface area contributed by atoms with Crippen molar-refractivity contribution in [1.82, 2.24) is 16.0 Å². The van der Waals surface area contributed by atoms with Gasteiger partial charge in [0, 0.05) is 0 Å². The quantitative estimate of drug-likeness (QED) is 0.573. The SMILES string of the molecule is CCCCCNC1NC(NCCCCC)c2ccccc21. The Kier molecular flexibility index (Phi) is 7.20. The van der Waals surface area contributed by atoms with Gasteiger partial charge in [0.15, 0.2) is 0 Å². The van der Waals surface area contributed by atoms with Gasteiger partial charge in [0.25, 0.3) is 0 Å². The van der Waals surface area contributed by atoms with Crippen molar-refractivity contribution in [3.05, 3.63) is 35.4 Å². The number of hydrogen-bond donors (Lipinski definition) is 3. The molecule has 3 nitrogen and oxygen atoms in total. The number of fused-ring (bicyclic) bond motifs is 1. The molecule has 2 rings (SSSR count). The molecule has 0 aromatic heterocycles. The Morgan fingerprint density at radius 2 is 1.29 bits per heavy atom. The molecule has 0 saturated carbocycles. The predicted molar refractivity (Wildman–Crippen MR) is 90.1 cm³/mol. The number of rotatable bonds is 10. The van der Waals surface area contributed by atoms with Crippen LogP contribution in [0.15, 0.2) is 24.3 Å². The lowest BCUT2D eigenvalue weighted by Gasteiger charge is -2.17. The average molecular weight is 289 g/mol. The van der Waals surface area contributed by atoms with E-state index < -0.39 is 0 Å². The highest BCUT2D eigenvalue weighted by Crippen LogP contribution is 2.29. The smallest absolute Gasteiger partial charge is 0.0853 e. The topological polar surface area (TPSA) is 36.1 Å². The molecule has 2 atom stereocenters. The van der Waals surface area contributed by atoms with Crippen LogP contribution in [0.25, 0.3) is 0 Å². The minimum atomic E-state index is 0.293. The standard InChI is InChI=1S/C18H31N3/c1-3-5-9-13-19-17-15-11-7-8-12-16(15)18(21-17)20-14-10-6-4-2/h7-8,11-12,17-21H,3-6,9-10,13-14H2,1-2H3. The Hall–Kier alpha value is -0.900. The Bertz CT molecular complexity index is 368. The summed E-state index contributed by atoms with van der Waals surface area (Å²) in [5, 5.41) is 11.0. The first kappa shape index (κ1) is 16.5. The molecule has 0 bridgehead atoms. The molecule has 3 heteroatoms. The lowest BCUT2D eigenvalue weighted by molar-refractivity contribution is 0.376. The van der Waals surface area contributed by atoms with E-state index in [2.05, 4.69) is 54.1 Å². The summed E-state index contributed by atoms with van der Waals surface area (Å²) in [7, 11) is 0. The van der Waals surface area contributed by atoms with E-state index in [4.69, 9.17) is 0 Å². The first-order valence-electron chi connectivity index (χ1n) is 8.68. The van der Waals surface area contributed by atoms with E-state index >= 15 is 0 Å². The first-order valence-corrected chi connectivity index (χ1v) is 8.68. The molecule has 0 saturated heterocycles. The van der Waals surface area contributed by atoms with Gasteiger partial charge in [-0.2, -0.15) is 0 Å². The molecule has 1 aromatic carbocycles. The lowest BCUT2D eigenvalue weighted by atomic mass is 10.1.